The van der Waals surface area contributed by atoms with Crippen LogP contribution in [0, 0.1) is 0 Å². The lowest BCUT2D eigenvalue weighted by atomic mass is 10.2. The molecule has 2 aromatic rings. The highest BCUT2D eigenvalue weighted by Gasteiger charge is 2.12. The van der Waals surface area contributed by atoms with Gasteiger partial charge in [-0.05, 0) is 25.0 Å². The normalized spacial score (nSPS) is 13.6. The second-order valence-electron chi connectivity index (χ2n) is 5.69. The first-order valence-electron chi connectivity index (χ1n) is 8.03. The number of methoxy groups -OCH3 is 2. The quantitative estimate of drug-likeness (QED) is 0.410. The van der Waals surface area contributed by atoms with Gasteiger partial charge in [-0.3, -0.25) is 0 Å². The van der Waals surface area contributed by atoms with Crippen LogP contribution in [0.4, 0.5) is 5.69 Å². The molecular formula is C17H24IN5O2. The summed E-state index contributed by atoms with van der Waals surface area (Å²) in [5.41, 5.74) is 7.65. The van der Waals surface area contributed by atoms with Gasteiger partial charge in [-0.1, -0.05) is 0 Å². The van der Waals surface area contributed by atoms with Crippen LogP contribution >= 0.6 is 24.0 Å². The SMILES string of the molecule is COc1ccc(OC)c(NC(N)=NCc2cn3c(n2)CCCC3)c1.I. The van der Waals surface area contributed by atoms with E-state index in [4.69, 9.17) is 15.2 Å². The number of anilines is 1. The third-order valence-electron chi connectivity index (χ3n) is 4.04. The van der Waals surface area contributed by atoms with Gasteiger partial charge in [0, 0.05) is 25.2 Å². The van der Waals surface area contributed by atoms with E-state index in [1.165, 1.54) is 12.8 Å². The average molecular weight is 457 g/mol. The summed E-state index contributed by atoms with van der Waals surface area (Å²) in [7, 11) is 3.22. The maximum absolute atomic E-state index is 6.00. The van der Waals surface area contributed by atoms with E-state index in [9.17, 15) is 0 Å². The molecule has 8 heteroatoms. The molecule has 0 saturated carbocycles. The predicted octanol–water partition coefficient (Wildman–Crippen LogP) is 2.78. The summed E-state index contributed by atoms with van der Waals surface area (Å²) in [5, 5.41) is 3.06. The molecule has 0 bridgehead atoms. The molecule has 0 spiro atoms. The second-order valence-corrected chi connectivity index (χ2v) is 5.69. The number of hydrogen-bond acceptors (Lipinski definition) is 4. The van der Waals surface area contributed by atoms with Gasteiger partial charge in [0.1, 0.15) is 17.3 Å². The Kier molecular flexibility index (Phi) is 6.91. The van der Waals surface area contributed by atoms with Crippen LogP contribution in [-0.4, -0.2) is 29.7 Å². The van der Waals surface area contributed by atoms with Crippen molar-refractivity contribution in [3.05, 3.63) is 35.9 Å². The van der Waals surface area contributed by atoms with Crippen molar-refractivity contribution in [1.29, 1.82) is 0 Å². The van der Waals surface area contributed by atoms with Crippen molar-refractivity contribution in [2.24, 2.45) is 10.7 Å². The predicted molar refractivity (Wildman–Crippen MR) is 109 cm³/mol. The summed E-state index contributed by atoms with van der Waals surface area (Å²) < 4.78 is 12.8. The largest absolute Gasteiger partial charge is 0.497 e. The first-order valence-corrected chi connectivity index (χ1v) is 8.03. The minimum Gasteiger partial charge on any atom is -0.497 e. The zero-order valence-corrected chi connectivity index (χ0v) is 16.8. The van der Waals surface area contributed by atoms with Crippen molar-refractivity contribution < 1.29 is 9.47 Å². The van der Waals surface area contributed by atoms with E-state index in [-0.39, 0.29) is 24.0 Å². The molecule has 0 aliphatic carbocycles. The highest BCUT2D eigenvalue weighted by Crippen LogP contribution is 2.28. The number of imidazole rings is 1. The van der Waals surface area contributed by atoms with Crippen LogP contribution < -0.4 is 20.5 Å². The first-order chi connectivity index (χ1) is 11.7. The molecule has 0 radical (unpaired) electrons. The molecule has 0 amide bonds. The smallest absolute Gasteiger partial charge is 0.193 e. The molecule has 1 aliphatic heterocycles. The van der Waals surface area contributed by atoms with Gasteiger partial charge in [0.25, 0.3) is 0 Å². The molecule has 1 aromatic heterocycles. The van der Waals surface area contributed by atoms with Crippen LogP contribution in [0.1, 0.15) is 24.4 Å². The molecule has 1 aliphatic rings. The maximum Gasteiger partial charge on any atom is 0.193 e. The van der Waals surface area contributed by atoms with E-state index in [2.05, 4.69) is 26.1 Å². The molecule has 1 aromatic carbocycles. The number of benzene rings is 1. The molecule has 25 heavy (non-hydrogen) atoms. The van der Waals surface area contributed by atoms with Gasteiger partial charge in [0.15, 0.2) is 5.96 Å². The lowest BCUT2D eigenvalue weighted by molar-refractivity contribution is 0.405. The zero-order valence-electron chi connectivity index (χ0n) is 14.5. The highest BCUT2D eigenvalue weighted by atomic mass is 127. The van der Waals surface area contributed by atoms with Crippen molar-refractivity contribution in [3.63, 3.8) is 0 Å². The molecule has 0 unspecified atom stereocenters. The fourth-order valence-corrected chi connectivity index (χ4v) is 2.80. The number of aryl methyl sites for hydroxylation is 2. The Morgan fingerprint density at radius 2 is 2.16 bits per heavy atom. The van der Waals surface area contributed by atoms with E-state index >= 15 is 0 Å². The summed E-state index contributed by atoms with van der Waals surface area (Å²) in [6, 6.07) is 5.46. The number of rotatable bonds is 5. The first kappa shape index (κ1) is 19.4. The van der Waals surface area contributed by atoms with Gasteiger partial charge < -0.3 is 25.1 Å². The van der Waals surface area contributed by atoms with Crippen LogP contribution in [0.3, 0.4) is 0 Å². The number of nitrogens with zero attached hydrogens (tertiary/aromatic N) is 3. The number of nitrogens with two attached hydrogens (primary N) is 1. The minimum atomic E-state index is 0. The second kappa shape index (κ2) is 8.93. The fraction of sp³-hybridized carbons (Fsp3) is 0.412. The molecule has 0 saturated heterocycles. The van der Waals surface area contributed by atoms with Gasteiger partial charge in [0.05, 0.1) is 32.1 Å². The fourth-order valence-electron chi connectivity index (χ4n) is 2.80. The van der Waals surface area contributed by atoms with E-state index in [0.717, 1.165) is 24.5 Å². The van der Waals surface area contributed by atoms with Gasteiger partial charge >= 0.3 is 0 Å². The van der Waals surface area contributed by atoms with Crippen LogP contribution in [0.15, 0.2) is 29.4 Å². The number of guanidine groups is 1. The van der Waals surface area contributed by atoms with E-state index in [1.54, 1.807) is 14.2 Å². The standard InChI is InChI=1S/C17H23N5O2.HI/c1-23-13-6-7-15(24-2)14(9-13)21-17(18)19-10-12-11-22-8-4-3-5-16(22)20-12;/h6-7,9,11H,3-5,8,10H2,1-2H3,(H3,18,19,21);1H. The van der Waals surface area contributed by atoms with Gasteiger partial charge in [-0.2, -0.15) is 0 Å². The third kappa shape index (κ3) is 4.77. The Balaban J connectivity index is 0.00000225. The summed E-state index contributed by atoms with van der Waals surface area (Å²) in [6.45, 7) is 1.49. The Labute approximate surface area is 164 Å². The molecule has 7 nitrogen and oxygen atoms in total. The minimum absolute atomic E-state index is 0. The maximum atomic E-state index is 6.00. The zero-order chi connectivity index (χ0) is 16.9. The molecule has 136 valence electrons. The van der Waals surface area contributed by atoms with Crippen LogP contribution in [0.2, 0.25) is 0 Å². The van der Waals surface area contributed by atoms with Crippen molar-refractivity contribution >= 4 is 35.6 Å². The van der Waals surface area contributed by atoms with Crippen LogP contribution in [0.5, 0.6) is 11.5 Å². The van der Waals surface area contributed by atoms with Crippen LogP contribution in [0.25, 0.3) is 0 Å². The number of hydrogen-bond donors (Lipinski definition) is 2. The Morgan fingerprint density at radius 1 is 1.32 bits per heavy atom. The van der Waals surface area contributed by atoms with Gasteiger partial charge in [0.2, 0.25) is 0 Å². The monoisotopic (exact) mass is 457 g/mol. The molecule has 3 N–H and O–H groups in total. The summed E-state index contributed by atoms with van der Waals surface area (Å²) >= 11 is 0. The number of aromatic nitrogens is 2. The lowest BCUT2D eigenvalue weighted by Gasteiger charge is -2.12. The van der Waals surface area contributed by atoms with E-state index in [1.807, 2.05) is 18.2 Å². The number of ether oxygens (including phenoxy) is 2. The molecule has 0 atom stereocenters. The number of halogens is 1. The van der Waals surface area contributed by atoms with Gasteiger partial charge in [-0.15, -0.1) is 24.0 Å². The summed E-state index contributed by atoms with van der Waals surface area (Å²) in [5.74, 6) is 2.85. The summed E-state index contributed by atoms with van der Waals surface area (Å²) in [6.07, 6.45) is 5.53. The molecule has 2 heterocycles. The Hall–Kier alpha value is -1.97. The molecule has 3 rings (SSSR count). The highest BCUT2D eigenvalue weighted by molar-refractivity contribution is 14.0. The topological polar surface area (TPSA) is 86.7 Å². The van der Waals surface area contributed by atoms with Crippen molar-refractivity contribution in [1.82, 2.24) is 9.55 Å². The van der Waals surface area contributed by atoms with E-state index in [0.29, 0.717) is 29.7 Å². The van der Waals surface area contributed by atoms with Crippen LogP contribution in [-0.2, 0) is 19.5 Å². The number of nitrogens with one attached hydrogen (secondary N) is 1. The Bertz CT molecular complexity index is 721. The van der Waals surface area contributed by atoms with Gasteiger partial charge in [-0.25, -0.2) is 9.98 Å². The van der Waals surface area contributed by atoms with Crippen molar-refractivity contribution in [2.45, 2.75) is 32.4 Å². The average Bonchev–Trinajstić information content (AvgIpc) is 3.03. The summed E-state index contributed by atoms with van der Waals surface area (Å²) in [4.78, 5) is 8.99. The number of aliphatic imine (C=N–C) groups is 1. The van der Waals surface area contributed by atoms with Crippen molar-refractivity contribution in [3.8, 4) is 11.5 Å². The lowest BCUT2D eigenvalue weighted by Crippen LogP contribution is -2.23. The van der Waals surface area contributed by atoms with E-state index < -0.39 is 0 Å². The number of fused-ring (bicyclic) bond motifs is 1. The Morgan fingerprint density at radius 3 is 2.88 bits per heavy atom. The molecule has 0 fully saturated rings. The third-order valence-corrected chi connectivity index (χ3v) is 4.04. The van der Waals surface area contributed by atoms with Crippen molar-refractivity contribution in [2.75, 3.05) is 19.5 Å². The molecular weight excluding hydrogens is 433 g/mol.